The summed E-state index contributed by atoms with van der Waals surface area (Å²) in [5, 5.41) is 3.71. The predicted molar refractivity (Wildman–Crippen MR) is 78.1 cm³/mol. The first kappa shape index (κ1) is 11.9. The number of aryl methyl sites for hydroxylation is 3. The predicted octanol–water partition coefficient (Wildman–Crippen LogP) is 4.14. The van der Waals surface area contributed by atoms with Crippen molar-refractivity contribution < 1.29 is 0 Å². The van der Waals surface area contributed by atoms with E-state index in [9.17, 15) is 0 Å². The van der Waals surface area contributed by atoms with E-state index in [2.05, 4.69) is 49.5 Å². The third-order valence-corrected chi connectivity index (χ3v) is 4.70. The average molecular weight is 257 g/mol. The van der Waals surface area contributed by atoms with Crippen molar-refractivity contribution in [2.24, 2.45) is 0 Å². The first-order valence-electron chi connectivity index (χ1n) is 6.60. The Balaban J connectivity index is 1.71. The first-order chi connectivity index (χ1) is 8.72. The average Bonchev–Trinajstić information content (AvgIpc) is 2.93. The van der Waals surface area contributed by atoms with Crippen LogP contribution in [0.5, 0.6) is 0 Å². The van der Waals surface area contributed by atoms with Gasteiger partial charge in [0.25, 0.3) is 0 Å². The molecule has 3 rings (SSSR count). The first-order valence-corrected chi connectivity index (χ1v) is 7.42. The van der Waals surface area contributed by atoms with Crippen molar-refractivity contribution in [3.8, 4) is 0 Å². The van der Waals surface area contributed by atoms with Crippen LogP contribution in [-0.4, -0.2) is 0 Å². The van der Waals surface area contributed by atoms with Crippen molar-refractivity contribution in [3.63, 3.8) is 0 Å². The highest BCUT2D eigenvalue weighted by atomic mass is 32.1. The Labute approximate surface area is 113 Å². The minimum absolute atomic E-state index is 0.544. The van der Waals surface area contributed by atoms with Crippen LogP contribution in [0.15, 0.2) is 30.3 Å². The van der Waals surface area contributed by atoms with Gasteiger partial charge in [-0.15, -0.1) is 11.3 Å². The van der Waals surface area contributed by atoms with Gasteiger partial charge in [0.2, 0.25) is 0 Å². The fourth-order valence-electron chi connectivity index (χ4n) is 2.74. The van der Waals surface area contributed by atoms with E-state index in [1.54, 1.807) is 0 Å². The molecule has 2 aromatic rings. The molecule has 0 radical (unpaired) electrons. The van der Waals surface area contributed by atoms with Crippen LogP contribution < -0.4 is 5.32 Å². The summed E-state index contributed by atoms with van der Waals surface area (Å²) < 4.78 is 0. The summed E-state index contributed by atoms with van der Waals surface area (Å²) in [4.78, 5) is 2.84. The molecule has 0 bridgehead atoms. The summed E-state index contributed by atoms with van der Waals surface area (Å²) in [6.45, 7) is 5.34. The van der Waals surface area contributed by atoms with Gasteiger partial charge in [-0.25, -0.2) is 0 Å². The van der Waals surface area contributed by atoms with Crippen LogP contribution in [0, 0.1) is 13.8 Å². The molecule has 1 aliphatic rings. The second kappa shape index (κ2) is 4.87. The highest BCUT2D eigenvalue weighted by Crippen LogP contribution is 2.32. The molecule has 0 saturated carbocycles. The van der Waals surface area contributed by atoms with Crippen molar-refractivity contribution in [1.82, 2.24) is 5.32 Å². The molecule has 1 atom stereocenters. The lowest BCUT2D eigenvalue weighted by molar-refractivity contribution is 0.533. The van der Waals surface area contributed by atoms with E-state index >= 15 is 0 Å². The molecule has 0 spiro atoms. The number of fused-ring (bicyclic) bond motifs is 1. The lowest BCUT2D eigenvalue weighted by Crippen LogP contribution is -2.18. The second-order valence-electron chi connectivity index (χ2n) is 5.19. The molecule has 2 heteroatoms. The third kappa shape index (κ3) is 2.36. The molecule has 1 aromatic heterocycles. The minimum atomic E-state index is 0.544. The number of rotatable bonds is 3. The molecule has 1 aliphatic carbocycles. The Hall–Kier alpha value is -1.12. The maximum absolute atomic E-state index is 3.71. The maximum atomic E-state index is 3.71. The summed E-state index contributed by atoms with van der Waals surface area (Å²) >= 11 is 1.89. The van der Waals surface area contributed by atoms with Gasteiger partial charge in [0.15, 0.2) is 0 Å². The van der Waals surface area contributed by atoms with E-state index in [0.717, 1.165) is 6.54 Å². The Bertz CT molecular complexity index is 556. The molecular formula is C16H19NS. The molecular weight excluding hydrogens is 238 g/mol. The van der Waals surface area contributed by atoms with Crippen LogP contribution in [-0.2, 0) is 13.0 Å². The van der Waals surface area contributed by atoms with Gasteiger partial charge in [-0.05, 0) is 49.9 Å². The Morgan fingerprint density at radius 3 is 2.89 bits per heavy atom. The lowest BCUT2D eigenvalue weighted by Gasteiger charge is -2.13. The highest BCUT2D eigenvalue weighted by molar-refractivity contribution is 7.11. The van der Waals surface area contributed by atoms with E-state index in [-0.39, 0.29) is 0 Å². The molecule has 18 heavy (non-hydrogen) atoms. The van der Waals surface area contributed by atoms with Gasteiger partial charge in [0.05, 0.1) is 0 Å². The topological polar surface area (TPSA) is 12.0 Å². The molecule has 0 amide bonds. The molecule has 1 heterocycles. The van der Waals surface area contributed by atoms with Gasteiger partial charge in [0, 0.05) is 22.3 Å². The second-order valence-corrected chi connectivity index (χ2v) is 6.56. The largest absolute Gasteiger partial charge is 0.305 e. The van der Waals surface area contributed by atoms with Crippen molar-refractivity contribution in [2.75, 3.05) is 0 Å². The van der Waals surface area contributed by atoms with E-state index in [0.29, 0.717) is 6.04 Å². The minimum Gasteiger partial charge on any atom is -0.305 e. The summed E-state index contributed by atoms with van der Waals surface area (Å²) in [6, 6.07) is 11.8. The van der Waals surface area contributed by atoms with E-state index < -0.39 is 0 Å². The van der Waals surface area contributed by atoms with Gasteiger partial charge in [-0.1, -0.05) is 23.8 Å². The van der Waals surface area contributed by atoms with Gasteiger partial charge in [-0.2, -0.15) is 0 Å². The number of hydrogen-bond acceptors (Lipinski definition) is 2. The zero-order chi connectivity index (χ0) is 12.5. The fourth-order valence-corrected chi connectivity index (χ4v) is 3.58. The van der Waals surface area contributed by atoms with Crippen LogP contribution in [0.1, 0.15) is 38.9 Å². The van der Waals surface area contributed by atoms with Gasteiger partial charge in [0.1, 0.15) is 0 Å². The quantitative estimate of drug-likeness (QED) is 0.871. The molecule has 0 aliphatic heterocycles. The van der Waals surface area contributed by atoms with Gasteiger partial charge in [-0.3, -0.25) is 0 Å². The summed E-state index contributed by atoms with van der Waals surface area (Å²) in [5.74, 6) is 0. The third-order valence-electron chi connectivity index (χ3n) is 3.70. The molecule has 1 unspecified atom stereocenters. The Morgan fingerprint density at radius 2 is 2.11 bits per heavy atom. The molecule has 94 valence electrons. The molecule has 0 fully saturated rings. The molecule has 1 nitrogen and oxygen atoms in total. The number of hydrogen-bond donors (Lipinski definition) is 1. The van der Waals surface area contributed by atoms with Crippen molar-refractivity contribution >= 4 is 11.3 Å². The number of nitrogens with one attached hydrogen (secondary N) is 1. The SMILES string of the molecule is Cc1ccc2c(c1)C(NCc1ccc(C)s1)CC2. The Morgan fingerprint density at radius 1 is 1.22 bits per heavy atom. The zero-order valence-corrected chi connectivity index (χ0v) is 11.8. The highest BCUT2D eigenvalue weighted by Gasteiger charge is 2.21. The smallest absolute Gasteiger partial charge is 0.0329 e. The van der Waals surface area contributed by atoms with Gasteiger partial charge >= 0.3 is 0 Å². The van der Waals surface area contributed by atoms with Crippen LogP contribution in [0.4, 0.5) is 0 Å². The summed E-state index contributed by atoms with van der Waals surface area (Å²) in [7, 11) is 0. The lowest BCUT2D eigenvalue weighted by atomic mass is 10.1. The molecule has 1 N–H and O–H groups in total. The fraction of sp³-hybridized carbons (Fsp3) is 0.375. The van der Waals surface area contributed by atoms with E-state index in [1.807, 2.05) is 11.3 Å². The Kier molecular flexibility index (Phi) is 3.23. The van der Waals surface area contributed by atoms with Crippen LogP contribution in [0.3, 0.4) is 0 Å². The van der Waals surface area contributed by atoms with Crippen LogP contribution in [0.25, 0.3) is 0 Å². The van der Waals surface area contributed by atoms with E-state index in [4.69, 9.17) is 0 Å². The molecule has 0 saturated heterocycles. The molecule has 1 aromatic carbocycles. The van der Waals surface area contributed by atoms with Crippen LogP contribution in [0.2, 0.25) is 0 Å². The zero-order valence-electron chi connectivity index (χ0n) is 11.0. The normalized spacial score (nSPS) is 18.0. The van der Waals surface area contributed by atoms with E-state index in [1.165, 1.54) is 39.3 Å². The van der Waals surface area contributed by atoms with Crippen molar-refractivity contribution in [3.05, 3.63) is 56.8 Å². The monoisotopic (exact) mass is 257 g/mol. The standard InChI is InChI=1S/C16H19NS/c1-11-3-5-13-6-8-16(15(13)9-11)17-10-14-7-4-12(2)18-14/h3-5,7,9,16-17H,6,8,10H2,1-2H3. The van der Waals surface area contributed by atoms with Crippen LogP contribution >= 0.6 is 11.3 Å². The summed E-state index contributed by atoms with van der Waals surface area (Å²) in [5.41, 5.74) is 4.41. The number of thiophene rings is 1. The number of benzene rings is 1. The van der Waals surface area contributed by atoms with Crippen molar-refractivity contribution in [1.29, 1.82) is 0 Å². The van der Waals surface area contributed by atoms with Gasteiger partial charge < -0.3 is 5.32 Å². The maximum Gasteiger partial charge on any atom is 0.0329 e. The van der Waals surface area contributed by atoms with Crippen molar-refractivity contribution in [2.45, 2.75) is 39.3 Å². The summed E-state index contributed by atoms with van der Waals surface area (Å²) in [6.07, 6.45) is 2.46.